The van der Waals surface area contributed by atoms with Crippen molar-refractivity contribution in [1.29, 1.82) is 0 Å². The third-order valence-corrected chi connectivity index (χ3v) is 6.27. The van der Waals surface area contributed by atoms with E-state index >= 15 is 0 Å². The van der Waals surface area contributed by atoms with Crippen LogP contribution in [0.3, 0.4) is 0 Å². The highest BCUT2D eigenvalue weighted by Gasteiger charge is 2.33. The molecule has 0 unspecified atom stereocenters. The summed E-state index contributed by atoms with van der Waals surface area (Å²) in [4.78, 5) is 30.8. The first-order valence-electron chi connectivity index (χ1n) is 12.0. The summed E-state index contributed by atoms with van der Waals surface area (Å²) in [5.74, 6) is 2.41. The maximum atomic E-state index is 13.0. The quantitative estimate of drug-likeness (QED) is 0.552. The number of aromatic nitrogens is 1. The number of amides is 1. The van der Waals surface area contributed by atoms with Crippen molar-refractivity contribution in [1.82, 2.24) is 20.1 Å². The Balaban J connectivity index is 1.35. The minimum absolute atomic E-state index is 0.343. The molecule has 0 radical (unpaired) electrons. The summed E-state index contributed by atoms with van der Waals surface area (Å²) in [5, 5.41) is 2.91. The van der Waals surface area contributed by atoms with Gasteiger partial charge in [-0.25, -0.2) is 4.99 Å². The van der Waals surface area contributed by atoms with Gasteiger partial charge in [0.25, 0.3) is 5.91 Å². The summed E-state index contributed by atoms with van der Waals surface area (Å²) in [6.45, 7) is 6.20. The molecule has 1 aromatic heterocycles. The number of amidine groups is 1. The molecule has 1 amide bonds. The Bertz CT molecular complexity index is 1180. The Morgan fingerprint density at radius 1 is 1.14 bits per heavy atom. The predicted molar refractivity (Wildman–Crippen MR) is 134 cm³/mol. The first-order valence-corrected chi connectivity index (χ1v) is 12.0. The smallest absolute Gasteiger partial charge is 0.259 e. The van der Waals surface area contributed by atoms with Crippen LogP contribution in [0, 0.1) is 0 Å². The van der Waals surface area contributed by atoms with Gasteiger partial charge in [-0.2, -0.15) is 0 Å². The number of hydrogen-bond donors (Lipinski definition) is 1. The summed E-state index contributed by atoms with van der Waals surface area (Å²) in [6.07, 6.45) is 3.92. The van der Waals surface area contributed by atoms with E-state index in [-0.39, 0.29) is 5.91 Å². The molecule has 0 spiro atoms. The molecule has 0 atom stereocenters. The number of ether oxygens (including phenoxy) is 4. The second kappa shape index (κ2) is 10.9. The molecule has 11 nitrogen and oxygen atoms in total. The molecule has 1 saturated heterocycles. The van der Waals surface area contributed by atoms with Crippen LogP contribution in [0.4, 0.5) is 5.69 Å². The highest BCUT2D eigenvalue weighted by atomic mass is 16.5. The summed E-state index contributed by atoms with van der Waals surface area (Å²) in [6, 6.07) is 5.47. The van der Waals surface area contributed by atoms with Crippen molar-refractivity contribution in [2.75, 3.05) is 66.8 Å². The van der Waals surface area contributed by atoms with Gasteiger partial charge in [-0.15, -0.1) is 0 Å². The van der Waals surface area contributed by atoms with Crippen LogP contribution in [0.5, 0.6) is 17.2 Å². The number of benzene rings is 1. The van der Waals surface area contributed by atoms with Crippen molar-refractivity contribution in [3.05, 3.63) is 41.7 Å². The number of methoxy groups -OCH3 is 2. The van der Waals surface area contributed by atoms with Crippen LogP contribution in [-0.2, 0) is 4.74 Å². The van der Waals surface area contributed by atoms with Crippen LogP contribution in [0.1, 0.15) is 22.3 Å². The predicted octanol–water partition coefficient (Wildman–Crippen LogP) is 1.69. The van der Waals surface area contributed by atoms with Crippen LogP contribution in [-0.4, -0.2) is 99.3 Å². The van der Waals surface area contributed by atoms with Crippen molar-refractivity contribution in [2.24, 2.45) is 9.98 Å². The Kier molecular flexibility index (Phi) is 7.28. The lowest BCUT2D eigenvalue weighted by Gasteiger charge is -2.29. The van der Waals surface area contributed by atoms with Crippen molar-refractivity contribution in [3.63, 3.8) is 0 Å². The molecular weight excluding hydrogens is 464 g/mol. The fourth-order valence-electron chi connectivity index (χ4n) is 4.42. The number of guanidine groups is 1. The van der Waals surface area contributed by atoms with Gasteiger partial charge in [-0.05, 0) is 24.6 Å². The standard InChI is InChI=1S/C25H30N6O5/c1-33-18-14-17(15-26-16-18)24(32)29-25-28-21-19(23-27-6-8-31(23)25)4-5-20(22(21)34-2)36-11-3-7-30-9-12-35-13-10-30/h4-5,14-16H,3,6-13H2,1-2H3,(H,28,29,32). The Morgan fingerprint density at radius 3 is 2.81 bits per heavy atom. The van der Waals surface area contributed by atoms with E-state index in [0.29, 0.717) is 54.2 Å². The van der Waals surface area contributed by atoms with Crippen LogP contribution in [0.15, 0.2) is 40.6 Å². The lowest BCUT2D eigenvalue weighted by molar-refractivity contribution is 0.0357. The number of aliphatic imine (C=N–C) groups is 2. The zero-order valence-corrected chi connectivity index (χ0v) is 20.5. The van der Waals surface area contributed by atoms with E-state index in [1.807, 2.05) is 17.0 Å². The molecule has 5 rings (SSSR count). The molecule has 3 aliphatic heterocycles. The fraction of sp³-hybridized carbons (Fsp3) is 0.440. The highest BCUT2D eigenvalue weighted by Crippen LogP contribution is 2.43. The maximum Gasteiger partial charge on any atom is 0.259 e. The molecule has 3 aliphatic rings. The molecule has 1 aromatic carbocycles. The number of rotatable bonds is 8. The molecule has 11 heteroatoms. The van der Waals surface area contributed by atoms with Gasteiger partial charge in [0, 0.05) is 37.9 Å². The molecule has 0 aliphatic carbocycles. The molecule has 0 saturated carbocycles. The van der Waals surface area contributed by atoms with E-state index < -0.39 is 0 Å². The topological polar surface area (TPSA) is 110 Å². The van der Waals surface area contributed by atoms with Gasteiger partial charge in [0.05, 0.1) is 52.3 Å². The average molecular weight is 495 g/mol. The molecule has 1 N–H and O–H groups in total. The van der Waals surface area contributed by atoms with E-state index in [1.165, 1.54) is 13.3 Å². The van der Waals surface area contributed by atoms with E-state index in [0.717, 1.165) is 50.7 Å². The van der Waals surface area contributed by atoms with Crippen LogP contribution in [0.2, 0.25) is 0 Å². The van der Waals surface area contributed by atoms with Gasteiger partial charge in [0.15, 0.2) is 11.5 Å². The summed E-state index contributed by atoms with van der Waals surface area (Å²) in [7, 11) is 3.12. The monoisotopic (exact) mass is 494 g/mol. The van der Waals surface area contributed by atoms with E-state index in [4.69, 9.17) is 23.9 Å². The Hall–Kier alpha value is -3.70. The summed E-state index contributed by atoms with van der Waals surface area (Å²) in [5.41, 5.74) is 1.79. The Labute approximate surface area is 209 Å². The normalized spacial score (nSPS) is 17.0. The molecule has 1 fully saturated rings. The summed E-state index contributed by atoms with van der Waals surface area (Å²) >= 11 is 0. The molecule has 0 bridgehead atoms. The number of nitrogens with one attached hydrogen (secondary N) is 1. The maximum absolute atomic E-state index is 13.0. The third-order valence-electron chi connectivity index (χ3n) is 6.27. The minimum Gasteiger partial charge on any atom is -0.495 e. The number of fused-ring (bicyclic) bond motifs is 3. The van der Waals surface area contributed by atoms with Gasteiger partial charge >= 0.3 is 0 Å². The fourth-order valence-corrected chi connectivity index (χ4v) is 4.42. The van der Waals surface area contributed by atoms with Crippen molar-refractivity contribution >= 4 is 23.4 Å². The van der Waals surface area contributed by atoms with Gasteiger partial charge in [0.1, 0.15) is 17.3 Å². The minimum atomic E-state index is -0.343. The molecule has 36 heavy (non-hydrogen) atoms. The van der Waals surface area contributed by atoms with Crippen molar-refractivity contribution in [3.8, 4) is 17.2 Å². The average Bonchev–Trinajstić information content (AvgIpc) is 3.42. The first-order chi connectivity index (χ1) is 17.7. The van der Waals surface area contributed by atoms with Gasteiger partial charge in [-0.1, -0.05) is 0 Å². The zero-order valence-electron chi connectivity index (χ0n) is 20.5. The molecule has 4 heterocycles. The SMILES string of the molecule is COc1cncc(C(=O)NC2=Nc3c(ccc(OCCCN4CCOCC4)c3OC)C3=NCCN23)c1. The van der Waals surface area contributed by atoms with E-state index in [2.05, 4.69) is 20.2 Å². The first kappa shape index (κ1) is 24.0. The molecule has 2 aromatic rings. The summed E-state index contributed by atoms with van der Waals surface area (Å²) < 4.78 is 22.4. The van der Waals surface area contributed by atoms with Gasteiger partial charge < -0.3 is 18.9 Å². The lowest BCUT2D eigenvalue weighted by atomic mass is 10.1. The number of carbonyl (C=O) groups excluding carboxylic acids is 1. The number of carbonyl (C=O) groups is 1. The van der Waals surface area contributed by atoms with Gasteiger partial charge in [-0.3, -0.25) is 29.9 Å². The Morgan fingerprint density at radius 2 is 2.00 bits per heavy atom. The van der Waals surface area contributed by atoms with E-state index in [1.54, 1.807) is 19.4 Å². The van der Waals surface area contributed by atoms with Crippen molar-refractivity contribution < 1.29 is 23.7 Å². The third kappa shape index (κ3) is 4.98. The van der Waals surface area contributed by atoms with Crippen molar-refractivity contribution in [2.45, 2.75) is 6.42 Å². The molecular formula is C25H30N6O5. The van der Waals surface area contributed by atoms with Crippen LogP contribution in [0.25, 0.3) is 0 Å². The zero-order chi connectivity index (χ0) is 24.9. The van der Waals surface area contributed by atoms with Crippen LogP contribution >= 0.6 is 0 Å². The molecule has 190 valence electrons. The van der Waals surface area contributed by atoms with E-state index in [9.17, 15) is 4.79 Å². The number of pyridine rings is 1. The second-order valence-corrected chi connectivity index (χ2v) is 8.51. The highest BCUT2D eigenvalue weighted by molar-refractivity contribution is 6.20. The largest absolute Gasteiger partial charge is 0.495 e. The number of hydrogen-bond acceptors (Lipinski definition) is 10. The van der Waals surface area contributed by atoms with Gasteiger partial charge in [0.2, 0.25) is 5.96 Å². The lowest BCUT2D eigenvalue weighted by Crippen LogP contribution is -2.47. The number of morpholine rings is 1. The number of nitrogens with zero attached hydrogens (tertiary/aromatic N) is 5. The van der Waals surface area contributed by atoms with Crippen LogP contribution < -0.4 is 19.5 Å². The second-order valence-electron chi connectivity index (χ2n) is 8.51.